The van der Waals surface area contributed by atoms with Gasteiger partial charge in [0.1, 0.15) is 24.3 Å². The van der Waals surface area contributed by atoms with E-state index in [0.29, 0.717) is 47.0 Å². The Balaban J connectivity index is 1.69. The number of imidazole rings is 1. The zero-order valence-corrected chi connectivity index (χ0v) is 20.0. The SMILES string of the molecule is C=CCc1cc(/C=C(/C#N)c2nc3ccc(F)cc3[nH]2)cc(OC)c1OCc1ccc(Br)cc1. The molecule has 170 valence electrons. The zero-order chi connectivity index (χ0) is 24.1. The maximum atomic E-state index is 13.5. The molecule has 4 aromatic rings. The van der Waals surface area contributed by atoms with Gasteiger partial charge in [-0.3, -0.25) is 0 Å². The van der Waals surface area contributed by atoms with Crippen LogP contribution < -0.4 is 9.47 Å². The first-order chi connectivity index (χ1) is 16.5. The maximum Gasteiger partial charge on any atom is 0.165 e. The summed E-state index contributed by atoms with van der Waals surface area (Å²) in [6, 6.07) is 18.1. The van der Waals surface area contributed by atoms with Crippen LogP contribution in [0, 0.1) is 17.1 Å². The average molecular weight is 518 g/mol. The molecule has 0 aliphatic heterocycles. The maximum absolute atomic E-state index is 13.5. The van der Waals surface area contributed by atoms with Gasteiger partial charge in [-0.15, -0.1) is 6.58 Å². The fourth-order valence-electron chi connectivity index (χ4n) is 3.56. The fourth-order valence-corrected chi connectivity index (χ4v) is 3.82. The molecule has 0 aliphatic rings. The number of hydrogen-bond donors (Lipinski definition) is 1. The van der Waals surface area contributed by atoms with Gasteiger partial charge in [0.2, 0.25) is 0 Å². The number of methoxy groups -OCH3 is 1. The molecule has 0 saturated carbocycles. The number of fused-ring (bicyclic) bond motifs is 1. The summed E-state index contributed by atoms with van der Waals surface area (Å²) >= 11 is 3.44. The van der Waals surface area contributed by atoms with Gasteiger partial charge >= 0.3 is 0 Å². The van der Waals surface area contributed by atoms with Gasteiger partial charge in [-0.25, -0.2) is 9.37 Å². The summed E-state index contributed by atoms with van der Waals surface area (Å²) in [5, 5.41) is 9.78. The number of benzene rings is 3. The van der Waals surface area contributed by atoms with Crippen LogP contribution in [0.15, 0.2) is 71.7 Å². The van der Waals surface area contributed by atoms with Crippen molar-refractivity contribution in [1.82, 2.24) is 9.97 Å². The lowest BCUT2D eigenvalue weighted by Crippen LogP contribution is -2.02. The smallest absolute Gasteiger partial charge is 0.165 e. The zero-order valence-electron chi connectivity index (χ0n) is 18.4. The molecule has 0 aliphatic carbocycles. The van der Waals surface area contributed by atoms with Gasteiger partial charge in [-0.1, -0.05) is 34.1 Å². The fraction of sp³-hybridized carbons (Fsp3) is 0.111. The van der Waals surface area contributed by atoms with Crippen LogP contribution in [0.4, 0.5) is 4.39 Å². The molecule has 1 aromatic heterocycles. The molecule has 1 N–H and O–H groups in total. The first-order valence-electron chi connectivity index (χ1n) is 10.5. The van der Waals surface area contributed by atoms with E-state index in [9.17, 15) is 9.65 Å². The van der Waals surface area contributed by atoms with Crippen molar-refractivity contribution in [2.75, 3.05) is 7.11 Å². The van der Waals surface area contributed by atoms with E-state index in [1.807, 2.05) is 36.4 Å². The van der Waals surface area contributed by atoms with Crippen LogP contribution >= 0.6 is 15.9 Å². The van der Waals surface area contributed by atoms with Crippen LogP contribution in [0.3, 0.4) is 0 Å². The van der Waals surface area contributed by atoms with E-state index in [1.54, 1.807) is 25.3 Å². The predicted octanol–water partition coefficient (Wildman–Crippen LogP) is 6.84. The van der Waals surface area contributed by atoms with Crippen molar-refractivity contribution in [2.45, 2.75) is 13.0 Å². The Morgan fingerprint density at radius 3 is 2.71 bits per heavy atom. The van der Waals surface area contributed by atoms with Crippen molar-refractivity contribution in [2.24, 2.45) is 0 Å². The van der Waals surface area contributed by atoms with Gasteiger partial charge in [0.15, 0.2) is 11.5 Å². The lowest BCUT2D eigenvalue weighted by atomic mass is 10.0. The summed E-state index contributed by atoms with van der Waals surface area (Å²) < 4.78 is 26.3. The molecule has 0 spiro atoms. The number of aromatic nitrogens is 2. The van der Waals surface area contributed by atoms with Gasteiger partial charge in [0, 0.05) is 10.0 Å². The van der Waals surface area contributed by atoms with Crippen molar-refractivity contribution in [3.8, 4) is 17.6 Å². The molecule has 0 bridgehead atoms. The molecule has 0 saturated heterocycles. The Hall–Kier alpha value is -3.89. The summed E-state index contributed by atoms with van der Waals surface area (Å²) in [4.78, 5) is 7.43. The molecule has 0 radical (unpaired) electrons. The van der Waals surface area contributed by atoms with Crippen LogP contribution in [0.1, 0.15) is 22.5 Å². The second kappa shape index (κ2) is 10.4. The van der Waals surface area contributed by atoms with E-state index < -0.39 is 0 Å². The molecule has 0 atom stereocenters. The highest BCUT2D eigenvalue weighted by Gasteiger charge is 2.15. The van der Waals surface area contributed by atoms with Gasteiger partial charge < -0.3 is 14.5 Å². The normalized spacial score (nSPS) is 11.3. The van der Waals surface area contributed by atoms with E-state index in [1.165, 1.54) is 12.1 Å². The summed E-state index contributed by atoms with van der Waals surface area (Å²) in [7, 11) is 1.58. The van der Waals surface area contributed by atoms with Crippen LogP contribution in [-0.2, 0) is 13.0 Å². The van der Waals surface area contributed by atoms with E-state index in [4.69, 9.17) is 9.47 Å². The van der Waals surface area contributed by atoms with Gasteiger partial charge in [-0.05, 0) is 66.1 Å². The number of nitriles is 1. The van der Waals surface area contributed by atoms with E-state index >= 15 is 0 Å². The Labute approximate surface area is 205 Å². The molecule has 0 unspecified atom stereocenters. The summed E-state index contributed by atoms with van der Waals surface area (Å²) in [5.41, 5.74) is 4.06. The first-order valence-corrected chi connectivity index (χ1v) is 11.3. The number of H-pyrrole nitrogens is 1. The first kappa shape index (κ1) is 23.3. The van der Waals surface area contributed by atoms with E-state index in [0.717, 1.165) is 21.2 Å². The number of allylic oxidation sites excluding steroid dienone is 2. The molecule has 3 aromatic carbocycles. The van der Waals surface area contributed by atoms with Gasteiger partial charge in [0.05, 0.1) is 23.7 Å². The number of halogens is 2. The van der Waals surface area contributed by atoms with Crippen LogP contribution in [0.5, 0.6) is 11.5 Å². The number of ether oxygens (including phenoxy) is 2. The van der Waals surface area contributed by atoms with Crippen molar-refractivity contribution in [3.63, 3.8) is 0 Å². The van der Waals surface area contributed by atoms with E-state index in [-0.39, 0.29) is 5.82 Å². The molecule has 0 amide bonds. The third-order valence-corrected chi connectivity index (χ3v) is 5.69. The summed E-state index contributed by atoms with van der Waals surface area (Å²) in [6.45, 7) is 4.23. The highest BCUT2D eigenvalue weighted by Crippen LogP contribution is 2.35. The molecule has 5 nitrogen and oxygen atoms in total. The molecular formula is C27H21BrFN3O2. The Morgan fingerprint density at radius 2 is 2.00 bits per heavy atom. The molecule has 4 rings (SSSR count). The van der Waals surface area contributed by atoms with Crippen molar-refractivity contribution < 1.29 is 13.9 Å². The molecule has 7 heteroatoms. The third-order valence-electron chi connectivity index (χ3n) is 5.17. The van der Waals surface area contributed by atoms with Crippen LogP contribution in [-0.4, -0.2) is 17.1 Å². The number of nitrogens with one attached hydrogen (secondary N) is 1. The molecular weight excluding hydrogens is 497 g/mol. The number of hydrogen-bond acceptors (Lipinski definition) is 4. The van der Waals surface area contributed by atoms with Gasteiger partial charge in [0.25, 0.3) is 0 Å². The van der Waals surface area contributed by atoms with E-state index in [2.05, 4.69) is 38.5 Å². The van der Waals surface area contributed by atoms with Crippen LogP contribution in [0.2, 0.25) is 0 Å². The number of rotatable bonds is 8. The number of nitrogens with zero attached hydrogens (tertiary/aromatic N) is 2. The second-order valence-corrected chi connectivity index (χ2v) is 8.45. The molecule has 0 fully saturated rings. The molecule has 34 heavy (non-hydrogen) atoms. The largest absolute Gasteiger partial charge is 0.493 e. The van der Waals surface area contributed by atoms with Gasteiger partial charge in [-0.2, -0.15) is 5.26 Å². The Morgan fingerprint density at radius 1 is 1.21 bits per heavy atom. The topological polar surface area (TPSA) is 70.9 Å². The monoisotopic (exact) mass is 517 g/mol. The Kier molecular flexibility index (Phi) is 7.09. The third kappa shape index (κ3) is 5.19. The van der Waals surface area contributed by atoms with Crippen molar-refractivity contribution in [3.05, 3.63) is 100 Å². The molecule has 1 heterocycles. The van der Waals surface area contributed by atoms with Crippen LogP contribution in [0.25, 0.3) is 22.7 Å². The highest BCUT2D eigenvalue weighted by atomic mass is 79.9. The average Bonchev–Trinajstić information content (AvgIpc) is 3.25. The minimum Gasteiger partial charge on any atom is -0.493 e. The summed E-state index contributed by atoms with van der Waals surface area (Å²) in [6.07, 6.45) is 4.05. The van der Waals surface area contributed by atoms with Crippen molar-refractivity contribution in [1.29, 1.82) is 5.26 Å². The second-order valence-electron chi connectivity index (χ2n) is 7.54. The lowest BCUT2D eigenvalue weighted by molar-refractivity contribution is 0.282. The van der Waals surface area contributed by atoms with Crippen molar-refractivity contribution >= 4 is 38.6 Å². The number of aromatic amines is 1. The predicted molar refractivity (Wildman–Crippen MR) is 135 cm³/mol. The highest BCUT2D eigenvalue weighted by molar-refractivity contribution is 9.10. The standard InChI is InChI=1S/C27H21BrFN3O2/c1-3-4-19-11-18(12-20(15-30)27-31-23-10-9-22(29)14-24(23)32-27)13-25(33-2)26(19)34-16-17-5-7-21(28)8-6-17/h3,5-14H,1,4,16H2,2H3,(H,31,32)/b20-12-. The quantitative estimate of drug-likeness (QED) is 0.205. The minimum atomic E-state index is -0.372. The Bertz CT molecular complexity index is 1420. The minimum absolute atomic E-state index is 0.312. The summed E-state index contributed by atoms with van der Waals surface area (Å²) in [5.74, 6) is 1.16. The lowest BCUT2D eigenvalue weighted by Gasteiger charge is -2.16.